The van der Waals surface area contributed by atoms with Gasteiger partial charge in [0.1, 0.15) is 0 Å². The molecule has 0 bridgehead atoms. The summed E-state index contributed by atoms with van der Waals surface area (Å²) < 4.78 is 43.2. The Hall–Kier alpha value is -2.08. The van der Waals surface area contributed by atoms with Gasteiger partial charge in [-0.1, -0.05) is 12.1 Å². The second kappa shape index (κ2) is 8.68. The Bertz CT molecular complexity index is 714. The van der Waals surface area contributed by atoms with E-state index in [4.69, 9.17) is 5.11 Å². The van der Waals surface area contributed by atoms with Crippen LogP contribution in [0.25, 0.3) is 0 Å². The first-order chi connectivity index (χ1) is 11.2. The number of carbonyl (C=O) groups excluding carboxylic acids is 1. The maximum atomic E-state index is 11.8. The Morgan fingerprint density at radius 2 is 1.58 bits per heavy atom. The Morgan fingerprint density at radius 1 is 1.04 bits per heavy atom. The lowest BCUT2D eigenvalue weighted by atomic mass is 10.1. The molecule has 0 aromatic heterocycles. The Balaban J connectivity index is 2.53. The van der Waals surface area contributed by atoms with E-state index in [1.54, 1.807) is 0 Å². The largest absolute Gasteiger partial charge is 0.481 e. The molecular formula is C13H15NO8P2. The van der Waals surface area contributed by atoms with Crippen LogP contribution in [0.2, 0.25) is 0 Å². The third-order valence-corrected chi connectivity index (χ3v) is 5.73. The van der Waals surface area contributed by atoms with Gasteiger partial charge in [-0.2, -0.15) is 0 Å². The summed E-state index contributed by atoms with van der Waals surface area (Å²) in [6.45, 7) is -0.0373. The SMILES string of the molecule is O=C(O)Cc1ccc(C(=O)NCCCC(O)(P(=O)=O)P(=O)=O)cc1. The van der Waals surface area contributed by atoms with E-state index >= 15 is 0 Å². The van der Waals surface area contributed by atoms with Gasteiger partial charge in [0.25, 0.3) is 11.0 Å². The van der Waals surface area contributed by atoms with Crippen LogP contribution in [-0.4, -0.2) is 33.7 Å². The van der Waals surface area contributed by atoms with Crippen molar-refractivity contribution in [1.29, 1.82) is 0 Å². The van der Waals surface area contributed by atoms with E-state index in [0.717, 1.165) is 0 Å². The van der Waals surface area contributed by atoms with Gasteiger partial charge in [0.05, 0.1) is 6.42 Å². The molecule has 1 aromatic rings. The lowest BCUT2D eigenvalue weighted by Gasteiger charge is -2.11. The molecule has 24 heavy (non-hydrogen) atoms. The minimum absolute atomic E-state index is 0.0373. The van der Waals surface area contributed by atoms with Gasteiger partial charge in [0, 0.05) is 18.5 Å². The van der Waals surface area contributed by atoms with E-state index < -0.39 is 38.7 Å². The highest BCUT2D eigenvalue weighted by Crippen LogP contribution is 2.44. The molecule has 0 atom stereocenters. The second-order valence-electron chi connectivity index (χ2n) is 4.92. The van der Waals surface area contributed by atoms with Gasteiger partial charge in [-0.05, 0) is 24.1 Å². The highest BCUT2D eigenvalue weighted by molar-refractivity contribution is 7.52. The van der Waals surface area contributed by atoms with E-state index in [2.05, 4.69) is 5.32 Å². The minimum Gasteiger partial charge on any atom is -0.481 e. The highest BCUT2D eigenvalue weighted by atomic mass is 31.1. The lowest BCUT2D eigenvalue weighted by Crippen LogP contribution is -2.26. The van der Waals surface area contributed by atoms with Crippen molar-refractivity contribution in [1.82, 2.24) is 5.32 Å². The number of carboxylic acid groups (broad SMARTS) is 1. The fourth-order valence-corrected chi connectivity index (χ4v) is 3.04. The number of amides is 1. The second-order valence-corrected chi connectivity index (χ2v) is 7.78. The van der Waals surface area contributed by atoms with Crippen LogP contribution in [0.15, 0.2) is 24.3 Å². The van der Waals surface area contributed by atoms with E-state index in [-0.39, 0.29) is 24.9 Å². The Labute approximate surface area is 137 Å². The molecule has 0 saturated carbocycles. The molecular weight excluding hydrogens is 360 g/mol. The van der Waals surface area contributed by atoms with Crippen LogP contribution in [0, 0.1) is 0 Å². The fraction of sp³-hybridized carbons (Fsp3) is 0.385. The number of hydrogen-bond acceptors (Lipinski definition) is 7. The van der Waals surface area contributed by atoms with Gasteiger partial charge in [0.2, 0.25) is 0 Å². The average Bonchev–Trinajstić information content (AvgIpc) is 2.50. The highest BCUT2D eigenvalue weighted by Gasteiger charge is 2.40. The van der Waals surface area contributed by atoms with Crippen molar-refractivity contribution in [3.63, 3.8) is 0 Å². The third kappa shape index (κ3) is 5.53. The molecule has 11 heteroatoms. The van der Waals surface area contributed by atoms with Crippen LogP contribution in [0.5, 0.6) is 0 Å². The number of aliphatic hydroxyl groups is 1. The number of benzene rings is 1. The number of carbonyl (C=O) groups is 2. The predicted octanol–water partition coefficient (Wildman–Crippen LogP) is 1.82. The molecule has 0 unspecified atom stereocenters. The molecule has 0 aliphatic heterocycles. The summed E-state index contributed by atoms with van der Waals surface area (Å²) in [4.78, 5) is 22.4. The molecule has 1 aromatic carbocycles. The molecule has 0 aliphatic rings. The molecule has 3 N–H and O–H groups in total. The van der Waals surface area contributed by atoms with Gasteiger partial charge < -0.3 is 15.5 Å². The molecule has 1 amide bonds. The lowest BCUT2D eigenvalue weighted by molar-refractivity contribution is -0.136. The normalized spacial score (nSPS) is 10.9. The van der Waals surface area contributed by atoms with Crippen LogP contribution >= 0.6 is 15.4 Å². The standard InChI is InChI=1S/C13H15NO8P2/c15-11(16)8-9-2-4-10(5-3-9)12(17)14-7-1-6-13(18,23(19)20)24(21)22/h2-5,18H,1,6-8H2,(H,14,17)(H,15,16). The molecule has 1 rings (SSSR count). The number of hydrogen-bond donors (Lipinski definition) is 3. The van der Waals surface area contributed by atoms with E-state index in [1.807, 2.05) is 0 Å². The summed E-state index contributed by atoms with van der Waals surface area (Å²) in [5.74, 6) is -1.48. The average molecular weight is 375 g/mol. The van der Waals surface area contributed by atoms with Crippen molar-refractivity contribution in [2.75, 3.05) is 6.54 Å². The minimum atomic E-state index is -3.57. The number of nitrogens with one attached hydrogen (secondary N) is 1. The van der Waals surface area contributed by atoms with Crippen molar-refractivity contribution in [3.05, 3.63) is 35.4 Å². The van der Waals surface area contributed by atoms with Gasteiger partial charge in [-0.25, -0.2) is 18.3 Å². The van der Waals surface area contributed by atoms with Crippen LogP contribution in [0.3, 0.4) is 0 Å². The number of carboxylic acids is 1. The summed E-state index contributed by atoms with van der Waals surface area (Å²) in [6, 6.07) is 5.86. The molecule has 130 valence electrons. The van der Waals surface area contributed by atoms with Crippen molar-refractivity contribution >= 4 is 27.2 Å². The summed E-state index contributed by atoms with van der Waals surface area (Å²) in [7, 11) is -7.15. The molecule has 0 spiro atoms. The Kier molecular flexibility index (Phi) is 7.22. The maximum Gasteiger partial charge on any atom is 0.363 e. The number of rotatable bonds is 9. The summed E-state index contributed by atoms with van der Waals surface area (Å²) in [5.41, 5.74) is 0.798. The van der Waals surface area contributed by atoms with Crippen molar-refractivity contribution in [3.8, 4) is 0 Å². The quantitative estimate of drug-likeness (QED) is 0.436. The summed E-state index contributed by atoms with van der Waals surface area (Å²) in [6.07, 6.45) is -0.782. The first kappa shape index (κ1) is 20.0. The molecule has 0 radical (unpaired) electrons. The topological polar surface area (TPSA) is 155 Å². The van der Waals surface area contributed by atoms with E-state index in [9.17, 15) is 33.0 Å². The van der Waals surface area contributed by atoms with Crippen LogP contribution in [-0.2, 0) is 29.5 Å². The first-order valence-electron chi connectivity index (χ1n) is 6.77. The zero-order valence-corrected chi connectivity index (χ0v) is 14.2. The summed E-state index contributed by atoms with van der Waals surface area (Å²) in [5, 5.41) is 17.8. The van der Waals surface area contributed by atoms with Crippen LogP contribution in [0.4, 0.5) is 0 Å². The third-order valence-electron chi connectivity index (χ3n) is 3.13. The van der Waals surface area contributed by atoms with Gasteiger partial charge in [-0.15, -0.1) is 0 Å². The van der Waals surface area contributed by atoms with Gasteiger partial charge in [-0.3, -0.25) is 9.59 Å². The predicted molar refractivity (Wildman–Crippen MR) is 80.9 cm³/mol. The summed E-state index contributed by atoms with van der Waals surface area (Å²) >= 11 is 0. The Morgan fingerprint density at radius 3 is 2.04 bits per heavy atom. The van der Waals surface area contributed by atoms with Crippen molar-refractivity contribution in [2.45, 2.75) is 24.3 Å². The molecule has 0 aliphatic carbocycles. The van der Waals surface area contributed by atoms with E-state index in [0.29, 0.717) is 5.56 Å². The van der Waals surface area contributed by atoms with Gasteiger partial charge >= 0.3 is 21.3 Å². The van der Waals surface area contributed by atoms with Crippen molar-refractivity contribution < 1.29 is 38.1 Å². The van der Waals surface area contributed by atoms with Gasteiger partial charge in [0.15, 0.2) is 0 Å². The monoisotopic (exact) mass is 375 g/mol. The maximum absolute atomic E-state index is 11.8. The fourth-order valence-electron chi connectivity index (χ4n) is 1.83. The zero-order chi connectivity index (χ0) is 18.3. The van der Waals surface area contributed by atoms with Crippen LogP contribution < -0.4 is 5.32 Å². The van der Waals surface area contributed by atoms with Crippen LogP contribution in [0.1, 0.15) is 28.8 Å². The first-order valence-corrected chi connectivity index (χ1v) is 9.12. The smallest absolute Gasteiger partial charge is 0.363 e. The van der Waals surface area contributed by atoms with E-state index in [1.165, 1.54) is 24.3 Å². The molecule has 0 fully saturated rings. The molecule has 0 saturated heterocycles. The number of aliphatic carboxylic acids is 1. The molecule has 0 heterocycles. The van der Waals surface area contributed by atoms with Crippen molar-refractivity contribution in [2.24, 2.45) is 0 Å². The molecule has 9 nitrogen and oxygen atoms in total. The zero-order valence-electron chi connectivity index (χ0n) is 12.4.